The van der Waals surface area contributed by atoms with Crippen LogP contribution in [0.3, 0.4) is 0 Å². The summed E-state index contributed by atoms with van der Waals surface area (Å²) in [7, 11) is 0. The summed E-state index contributed by atoms with van der Waals surface area (Å²) >= 11 is 0. The molecule has 2 amide bonds. The molecule has 0 saturated heterocycles. The van der Waals surface area contributed by atoms with Crippen molar-refractivity contribution >= 4 is 6.03 Å². The summed E-state index contributed by atoms with van der Waals surface area (Å²) < 4.78 is 0. The maximum atomic E-state index is 11.6. The van der Waals surface area contributed by atoms with E-state index in [9.17, 15) is 4.79 Å². The third-order valence-electron chi connectivity index (χ3n) is 5.68. The third kappa shape index (κ3) is 27.2. The topological polar surface area (TPSA) is 59.6 Å². The molecule has 192 valence electrons. The van der Waals surface area contributed by atoms with Crippen molar-refractivity contribution in [1.29, 1.82) is 0 Å². The van der Waals surface area contributed by atoms with Gasteiger partial charge in [0.1, 0.15) is 0 Å². The number of urea groups is 1. The summed E-state index contributed by atoms with van der Waals surface area (Å²) in [5.41, 5.74) is 5.69. The van der Waals surface area contributed by atoms with Crippen LogP contribution in [-0.4, -0.2) is 19.2 Å². The fraction of sp³-hybridized carbons (Fsp3) is 0.963. The van der Waals surface area contributed by atoms with E-state index in [-0.39, 0.29) is 0 Å². The molecule has 0 aliphatic rings. The van der Waals surface area contributed by atoms with Crippen LogP contribution in [0, 0.1) is 10.8 Å². The number of amides is 2. The summed E-state index contributed by atoms with van der Waals surface area (Å²) in [6.45, 7) is 15.0. The number of unbranched alkanes of at least 4 members (excludes halogenated alkanes) is 12. The first kappa shape index (κ1) is 31.2. The molecule has 0 heterocycles. The monoisotopic (exact) mass is 456 g/mol. The van der Waals surface area contributed by atoms with Crippen LogP contribution >= 0.6 is 0 Å². The molecular weight excluding hydrogens is 400 g/mol. The Labute approximate surface area is 200 Å². The fourth-order valence-electron chi connectivity index (χ4n) is 3.68. The second-order valence-electron chi connectivity index (χ2n) is 11.8. The van der Waals surface area contributed by atoms with Gasteiger partial charge in [0.05, 0.1) is 13.2 Å². The molecule has 0 radical (unpaired) electrons. The van der Waals surface area contributed by atoms with Crippen molar-refractivity contribution in [3.05, 3.63) is 0 Å². The zero-order valence-electron chi connectivity index (χ0n) is 22.5. The van der Waals surface area contributed by atoms with Crippen LogP contribution in [-0.2, 0) is 9.68 Å². The van der Waals surface area contributed by atoms with Crippen molar-refractivity contribution in [2.24, 2.45) is 10.8 Å². The Morgan fingerprint density at radius 3 is 1.09 bits per heavy atom. The van der Waals surface area contributed by atoms with Crippen LogP contribution in [0.1, 0.15) is 144 Å². The number of hydrogen-bond acceptors (Lipinski definition) is 3. The maximum absolute atomic E-state index is 11.6. The zero-order chi connectivity index (χ0) is 24.1. The van der Waals surface area contributed by atoms with Crippen molar-refractivity contribution in [2.45, 2.75) is 144 Å². The molecule has 0 aromatic carbocycles. The van der Waals surface area contributed by atoms with Crippen LogP contribution in [0.25, 0.3) is 0 Å². The van der Waals surface area contributed by atoms with Gasteiger partial charge in [-0.1, -0.05) is 119 Å². The SMILES string of the molecule is CC(C)(C)CCCCCCCCCONC(=O)NOCCCCCCCCCC(C)(C)C. The molecular formula is C27H56N2O3. The lowest BCUT2D eigenvalue weighted by Crippen LogP contribution is -2.35. The first-order chi connectivity index (χ1) is 15.1. The molecule has 0 saturated carbocycles. The van der Waals surface area contributed by atoms with Gasteiger partial charge in [-0.05, 0) is 36.5 Å². The van der Waals surface area contributed by atoms with E-state index in [0.717, 1.165) is 25.7 Å². The van der Waals surface area contributed by atoms with Crippen molar-refractivity contribution in [3.8, 4) is 0 Å². The van der Waals surface area contributed by atoms with E-state index in [1.165, 1.54) is 77.0 Å². The second kappa shape index (κ2) is 19.6. The van der Waals surface area contributed by atoms with Gasteiger partial charge in [0.2, 0.25) is 0 Å². The summed E-state index contributed by atoms with van der Waals surface area (Å²) in [6.07, 6.45) is 20.0. The lowest BCUT2D eigenvalue weighted by molar-refractivity contribution is 0.0164. The van der Waals surface area contributed by atoms with Gasteiger partial charge in [0.25, 0.3) is 0 Å². The van der Waals surface area contributed by atoms with Gasteiger partial charge in [0, 0.05) is 0 Å². The Bertz CT molecular complexity index is 390. The molecule has 0 fully saturated rings. The number of rotatable bonds is 20. The Balaban J connectivity index is 3.23. The van der Waals surface area contributed by atoms with Gasteiger partial charge < -0.3 is 0 Å². The van der Waals surface area contributed by atoms with E-state index in [4.69, 9.17) is 9.68 Å². The quantitative estimate of drug-likeness (QED) is 0.143. The Morgan fingerprint density at radius 1 is 0.500 bits per heavy atom. The summed E-state index contributed by atoms with van der Waals surface area (Å²) in [6, 6.07) is -0.428. The van der Waals surface area contributed by atoms with Crippen LogP contribution in [0.15, 0.2) is 0 Å². The number of carbonyl (C=O) groups is 1. The van der Waals surface area contributed by atoms with E-state index in [1.54, 1.807) is 0 Å². The lowest BCUT2D eigenvalue weighted by Gasteiger charge is -2.17. The van der Waals surface area contributed by atoms with Gasteiger partial charge in [0.15, 0.2) is 0 Å². The average molecular weight is 457 g/mol. The molecule has 0 bridgehead atoms. The van der Waals surface area contributed by atoms with Crippen LogP contribution in [0.2, 0.25) is 0 Å². The first-order valence-corrected chi connectivity index (χ1v) is 13.4. The number of hydroxylamine groups is 2. The standard InChI is InChI=1S/C27H56N2O3/c1-26(2,3)21-17-13-9-7-11-15-19-23-31-28-25(30)29-32-24-20-16-12-8-10-14-18-22-27(4,5)6/h7-24H2,1-6H3,(H2,28,29,30). The number of carbonyl (C=O) groups excluding carboxylic acids is 1. The van der Waals surface area contributed by atoms with Crippen LogP contribution in [0.5, 0.6) is 0 Å². The second-order valence-corrected chi connectivity index (χ2v) is 11.8. The molecule has 32 heavy (non-hydrogen) atoms. The molecule has 0 aromatic heterocycles. The largest absolute Gasteiger partial charge is 0.362 e. The van der Waals surface area contributed by atoms with Gasteiger partial charge in [-0.25, -0.2) is 15.8 Å². The highest BCUT2D eigenvalue weighted by molar-refractivity contribution is 5.71. The van der Waals surface area contributed by atoms with Crippen molar-refractivity contribution in [3.63, 3.8) is 0 Å². The highest BCUT2D eigenvalue weighted by Crippen LogP contribution is 2.23. The molecule has 5 nitrogen and oxygen atoms in total. The molecule has 0 aliphatic heterocycles. The van der Waals surface area contributed by atoms with E-state index < -0.39 is 6.03 Å². The molecule has 0 unspecified atom stereocenters. The average Bonchev–Trinajstić information content (AvgIpc) is 2.68. The maximum Gasteiger partial charge on any atom is 0.362 e. The lowest BCUT2D eigenvalue weighted by atomic mass is 9.89. The molecule has 2 N–H and O–H groups in total. The minimum atomic E-state index is -0.428. The minimum Gasteiger partial charge on any atom is -0.272 e. The number of hydrogen-bond donors (Lipinski definition) is 2. The number of nitrogens with one attached hydrogen (secondary N) is 2. The van der Waals surface area contributed by atoms with E-state index in [1.807, 2.05) is 0 Å². The Morgan fingerprint density at radius 2 is 0.781 bits per heavy atom. The molecule has 0 rings (SSSR count). The normalized spacial score (nSPS) is 12.2. The van der Waals surface area contributed by atoms with E-state index >= 15 is 0 Å². The highest BCUT2D eigenvalue weighted by atomic mass is 16.7. The molecule has 0 spiro atoms. The minimum absolute atomic E-state index is 0.428. The molecule has 5 heteroatoms. The van der Waals surface area contributed by atoms with Crippen molar-refractivity contribution in [2.75, 3.05) is 13.2 Å². The fourth-order valence-corrected chi connectivity index (χ4v) is 3.68. The first-order valence-electron chi connectivity index (χ1n) is 13.4. The van der Waals surface area contributed by atoms with Gasteiger partial charge in [-0.15, -0.1) is 0 Å². The predicted octanol–water partition coefficient (Wildman–Crippen LogP) is 8.48. The van der Waals surface area contributed by atoms with Crippen LogP contribution < -0.4 is 11.0 Å². The third-order valence-corrected chi connectivity index (χ3v) is 5.68. The van der Waals surface area contributed by atoms with Crippen molar-refractivity contribution < 1.29 is 14.5 Å². The Kier molecular flexibility index (Phi) is 19.1. The highest BCUT2D eigenvalue weighted by Gasteiger charge is 2.09. The summed E-state index contributed by atoms with van der Waals surface area (Å²) in [5, 5.41) is 0. The summed E-state index contributed by atoms with van der Waals surface area (Å²) in [5.74, 6) is 0. The summed E-state index contributed by atoms with van der Waals surface area (Å²) in [4.78, 5) is 22.0. The van der Waals surface area contributed by atoms with Gasteiger partial charge in [-0.2, -0.15) is 0 Å². The molecule has 0 atom stereocenters. The zero-order valence-corrected chi connectivity index (χ0v) is 22.5. The Hall–Kier alpha value is -0.810. The van der Waals surface area contributed by atoms with Gasteiger partial charge in [-0.3, -0.25) is 9.68 Å². The van der Waals surface area contributed by atoms with Gasteiger partial charge >= 0.3 is 6.03 Å². The van der Waals surface area contributed by atoms with Crippen molar-refractivity contribution in [1.82, 2.24) is 11.0 Å². The smallest absolute Gasteiger partial charge is 0.272 e. The van der Waals surface area contributed by atoms with E-state index in [0.29, 0.717) is 24.0 Å². The van der Waals surface area contributed by atoms with E-state index in [2.05, 4.69) is 52.5 Å². The van der Waals surface area contributed by atoms with Crippen LogP contribution in [0.4, 0.5) is 4.79 Å². The predicted molar refractivity (Wildman–Crippen MR) is 136 cm³/mol. The molecule has 0 aliphatic carbocycles. The molecule has 0 aromatic rings.